The molecule has 4 saturated carbocycles. The second-order valence-corrected chi connectivity index (χ2v) is 20.8. The molecule has 0 saturated heterocycles. The average molecular weight is 850 g/mol. The Hall–Kier alpha value is -6.96. The van der Waals surface area contributed by atoms with Gasteiger partial charge in [0, 0.05) is 22.4 Å². The molecule has 0 aromatic heterocycles. The van der Waals surface area contributed by atoms with E-state index >= 15 is 0 Å². The van der Waals surface area contributed by atoms with Gasteiger partial charge in [0.1, 0.15) is 0 Å². The van der Waals surface area contributed by atoms with Crippen molar-refractivity contribution in [3.05, 3.63) is 223 Å². The molecule has 4 bridgehead atoms. The van der Waals surface area contributed by atoms with Gasteiger partial charge < -0.3 is 4.90 Å². The summed E-state index contributed by atoms with van der Waals surface area (Å²) in [7, 11) is 0. The third-order valence-corrected chi connectivity index (χ3v) is 16.4. The van der Waals surface area contributed by atoms with Gasteiger partial charge in [-0.05, 0) is 182 Å². The summed E-state index contributed by atoms with van der Waals surface area (Å²) >= 11 is 0. The summed E-state index contributed by atoms with van der Waals surface area (Å²) in [5.74, 6) is 2.88. The first-order valence-corrected chi connectivity index (χ1v) is 24.4. The van der Waals surface area contributed by atoms with Crippen molar-refractivity contribution in [3.8, 4) is 55.6 Å². The van der Waals surface area contributed by atoms with Crippen molar-refractivity contribution in [2.75, 3.05) is 4.90 Å². The van der Waals surface area contributed by atoms with Crippen LogP contribution in [-0.4, -0.2) is 0 Å². The minimum atomic E-state index is -0.123. The number of hydrogen-bond donors (Lipinski definition) is 0. The first-order valence-electron chi connectivity index (χ1n) is 24.4. The van der Waals surface area contributed by atoms with Crippen LogP contribution in [0.1, 0.15) is 69.1 Å². The van der Waals surface area contributed by atoms with Gasteiger partial charge in [-0.3, -0.25) is 0 Å². The van der Waals surface area contributed by atoms with Crippen molar-refractivity contribution in [2.24, 2.45) is 17.8 Å². The van der Waals surface area contributed by atoms with E-state index in [1.807, 2.05) is 0 Å². The summed E-state index contributed by atoms with van der Waals surface area (Å²) in [5.41, 5.74) is 20.5. The molecule has 9 aromatic carbocycles. The van der Waals surface area contributed by atoms with Crippen molar-refractivity contribution >= 4 is 27.8 Å². The lowest BCUT2D eigenvalue weighted by Gasteiger charge is -2.57. The Balaban J connectivity index is 0.882. The summed E-state index contributed by atoms with van der Waals surface area (Å²) in [4.78, 5) is 2.48. The molecule has 4 fully saturated rings. The van der Waals surface area contributed by atoms with Crippen molar-refractivity contribution in [1.29, 1.82) is 0 Å². The van der Waals surface area contributed by atoms with Crippen LogP contribution in [0.25, 0.3) is 66.4 Å². The number of nitrogens with zero attached hydrogens (tertiary/aromatic N) is 1. The monoisotopic (exact) mass is 849 g/mol. The van der Waals surface area contributed by atoms with Crippen molar-refractivity contribution in [1.82, 2.24) is 0 Å². The molecule has 0 spiro atoms. The molecule has 0 radical (unpaired) electrons. The molecule has 5 aliphatic rings. The molecule has 1 nitrogen and oxygen atoms in total. The van der Waals surface area contributed by atoms with Gasteiger partial charge in [0.15, 0.2) is 0 Å². The van der Waals surface area contributed by atoms with Crippen LogP contribution in [0.2, 0.25) is 0 Å². The quantitative estimate of drug-likeness (QED) is 0.147. The lowest BCUT2D eigenvalue weighted by Crippen LogP contribution is -2.48. The molecule has 0 unspecified atom stereocenters. The summed E-state index contributed by atoms with van der Waals surface area (Å²) < 4.78 is 0. The molecule has 0 amide bonds. The highest BCUT2D eigenvalue weighted by molar-refractivity contribution is 5.93. The number of anilines is 3. The van der Waals surface area contributed by atoms with Crippen LogP contribution in [-0.2, 0) is 10.8 Å². The molecule has 320 valence electrons. The van der Waals surface area contributed by atoms with Crippen LogP contribution in [0.5, 0.6) is 0 Å². The van der Waals surface area contributed by atoms with E-state index in [4.69, 9.17) is 0 Å². The van der Waals surface area contributed by atoms with Gasteiger partial charge in [-0.25, -0.2) is 0 Å². The van der Waals surface area contributed by atoms with Gasteiger partial charge in [0.2, 0.25) is 0 Å². The third-order valence-electron chi connectivity index (χ3n) is 16.4. The standard InChI is InChI=1S/C65H55N/c1-64(2)61-15-9-8-14-58(61)59-32-31-57(39-62(59)64)66(56-29-24-50(25-30-56)53-21-20-46-10-6-7-13-52(46)37-53)63-33-26-54(38-60(63)51-11-4-3-5-12-51)49-18-16-47(17-19-49)48-22-27-55(28-23-48)65-40-43-34-44(41-65)36-45(35-43)42-65/h3-33,37-39,43-45H,34-36,40-42H2,1-2H3. The fourth-order valence-corrected chi connectivity index (χ4v) is 13.5. The van der Waals surface area contributed by atoms with Crippen molar-refractivity contribution < 1.29 is 0 Å². The molecule has 0 atom stereocenters. The van der Waals surface area contributed by atoms with Crippen LogP contribution in [0.15, 0.2) is 206 Å². The van der Waals surface area contributed by atoms with Crippen LogP contribution in [0, 0.1) is 17.8 Å². The Kier molecular flexibility index (Phi) is 9.14. The van der Waals surface area contributed by atoms with Crippen LogP contribution >= 0.6 is 0 Å². The van der Waals surface area contributed by atoms with E-state index in [0.717, 1.165) is 34.8 Å². The van der Waals surface area contributed by atoms with Crippen LogP contribution in [0.4, 0.5) is 17.1 Å². The topological polar surface area (TPSA) is 3.24 Å². The Bertz CT molecular complexity index is 3250. The van der Waals surface area contributed by atoms with Gasteiger partial charge in [-0.2, -0.15) is 0 Å². The zero-order chi connectivity index (χ0) is 44.0. The van der Waals surface area contributed by atoms with Gasteiger partial charge in [-0.1, -0.05) is 178 Å². The Labute approximate surface area is 390 Å². The fourth-order valence-electron chi connectivity index (χ4n) is 13.5. The molecule has 14 rings (SSSR count). The van der Waals surface area contributed by atoms with Gasteiger partial charge in [-0.15, -0.1) is 0 Å². The molecule has 0 aliphatic heterocycles. The number of rotatable bonds is 8. The lowest BCUT2D eigenvalue weighted by molar-refractivity contribution is -0.00518. The highest BCUT2D eigenvalue weighted by Crippen LogP contribution is 2.61. The largest absolute Gasteiger partial charge is 0.310 e. The molecule has 0 N–H and O–H groups in total. The minimum Gasteiger partial charge on any atom is -0.310 e. The normalized spacial score (nSPS) is 20.8. The van der Waals surface area contributed by atoms with Crippen LogP contribution < -0.4 is 4.90 Å². The van der Waals surface area contributed by atoms with Gasteiger partial charge >= 0.3 is 0 Å². The second kappa shape index (κ2) is 15.3. The maximum Gasteiger partial charge on any atom is 0.0540 e. The maximum absolute atomic E-state index is 2.48. The van der Waals surface area contributed by atoms with E-state index in [-0.39, 0.29) is 5.41 Å². The Morgan fingerprint density at radius 2 is 0.879 bits per heavy atom. The van der Waals surface area contributed by atoms with E-state index in [0.29, 0.717) is 5.41 Å². The maximum atomic E-state index is 2.48. The lowest BCUT2D eigenvalue weighted by atomic mass is 9.48. The second-order valence-electron chi connectivity index (χ2n) is 20.8. The Morgan fingerprint density at radius 3 is 1.58 bits per heavy atom. The predicted molar refractivity (Wildman–Crippen MR) is 278 cm³/mol. The molecule has 66 heavy (non-hydrogen) atoms. The van der Waals surface area contributed by atoms with E-state index in [1.54, 1.807) is 5.56 Å². The zero-order valence-electron chi connectivity index (χ0n) is 38.1. The zero-order valence-corrected chi connectivity index (χ0v) is 38.1. The number of hydrogen-bond acceptors (Lipinski definition) is 1. The smallest absolute Gasteiger partial charge is 0.0540 e. The molecule has 0 heterocycles. The SMILES string of the molecule is CC1(C)c2ccccc2-c2ccc(N(c3ccc(-c4ccc5ccccc5c4)cc3)c3ccc(-c4ccc(-c5ccc(C67CC8CC(CC(C8)C6)C7)cc5)cc4)cc3-c3ccccc3)cc21. The molecule has 9 aromatic rings. The predicted octanol–water partition coefficient (Wildman–Crippen LogP) is 17.8. The highest BCUT2D eigenvalue weighted by Gasteiger charge is 2.51. The van der Waals surface area contributed by atoms with E-state index in [1.165, 1.54) is 116 Å². The first-order chi connectivity index (χ1) is 32.3. The molecular formula is C65H55N. The number of fused-ring (bicyclic) bond motifs is 4. The van der Waals surface area contributed by atoms with Crippen molar-refractivity contribution in [3.63, 3.8) is 0 Å². The summed E-state index contributed by atoms with van der Waals surface area (Å²) in [6.07, 6.45) is 8.69. The summed E-state index contributed by atoms with van der Waals surface area (Å²) in [6.45, 7) is 4.75. The molecule has 5 aliphatic carbocycles. The van der Waals surface area contributed by atoms with Gasteiger partial charge in [0.05, 0.1) is 5.69 Å². The van der Waals surface area contributed by atoms with E-state index in [9.17, 15) is 0 Å². The molecule has 1 heteroatoms. The van der Waals surface area contributed by atoms with Crippen LogP contribution in [0.3, 0.4) is 0 Å². The average Bonchev–Trinajstić information content (AvgIpc) is 3.59. The third kappa shape index (κ3) is 6.58. The molecular weight excluding hydrogens is 795 g/mol. The Morgan fingerprint density at radius 1 is 0.364 bits per heavy atom. The first kappa shape index (κ1) is 39.4. The minimum absolute atomic E-state index is 0.123. The highest BCUT2D eigenvalue weighted by atomic mass is 15.1. The summed E-state index contributed by atoms with van der Waals surface area (Å²) in [6, 6.07) is 77.6. The van der Waals surface area contributed by atoms with E-state index < -0.39 is 0 Å². The number of benzene rings is 9. The summed E-state index contributed by atoms with van der Waals surface area (Å²) in [5, 5.41) is 2.51. The van der Waals surface area contributed by atoms with E-state index in [2.05, 4.69) is 225 Å². The van der Waals surface area contributed by atoms with Gasteiger partial charge in [0.25, 0.3) is 0 Å². The fraction of sp³-hybridized carbons (Fsp3) is 0.200. The van der Waals surface area contributed by atoms with Crippen molar-refractivity contribution in [2.45, 2.75) is 63.2 Å².